The van der Waals surface area contributed by atoms with Crippen molar-refractivity contribution in [3.05, 3.63) is 34.0 Å². The van der Waals surface area contributed by atoms with Crippen molar-refractivity contribution in [1.29, 1.82) is 0 Å². The van der Waals surface area contributed by atoms with E-state index in [0.717, 1.165) is 17.7 Å². The van der Waals surface area contributed by atoms with Crippen LogP contribution < -0.4 is 14.8 Å². The number of aromatic nitrogens is 1. The molecule has 0 fully saturated rings. The molecule has 1 N–H and O–H groups in total. The fraction of sp³-hybridized carbons (Fsp3) is 0.375. The third kappa shape index (κ3) is 3.27. The van der Waals surface area contributed by atoms with Gasteiger partial charge in [-0.25, -0.2) is 0 Å². The first-order chi connectivity index (χ1) is 11.1. The molecule has 23 heavy (non-hydrogen) atoms. The molecule has 1 aliphatic heterocycles. The zero-order valence-electron chi connectivity index (χ0n) is 12.9. The van der Waals surface area contributed by atoms with Gasteiger partial charge in [0.1, 0.15) is 13.2 Å². The number of carbonyl (C=O) groups excluding carboxylic acids is 1. The van der Waals surface area contributed by atoms with Gasteiger partial charge < -0.3 is 14.0 Å². The molecule has 1 aromatic heterocycles. The number of hydrogen-bond acceptors (Lipinski definition) is 5. The molecule has 0 atom stereocenters. The number of carbonyl (C=O) groups is 1. The van der Waals surface area contributed by atoms with E-state index in [-0.39, 0.29) is 12.3 Å². The van der Waals surface area contributed by atoms with Crippen LogP contribution in [-0.2, 0) is 17.6 Å². The summed E-state index contributed by atoms with van der Waals surface area (Å²) in [6, 6.07) is 3.41. The van der Waals surface area contributed by atoms with Crippen LogP contribution in [0.1, 0.15) is 23.7 Å². The second kappa shape index (κ2) is 6.50. The largest absolute Gasteiger partial charge is 0.486 e. The fourth-order valence-corrected chi connectivity index (χ4v) is 2.71. The number of ether oxygens (including phenoxy) is 2. The summed E-state index contributed by atoms with van der Waals surface area (Å²) in [5, 5.41) is 7.08. The zero-order valence-corrected chi connectivity index (χ0v) is 13.7. The molecule has 0 spiro atoms. The molecule has 0 aliphatic carbocycles. The van der Waals surface area contributed by atoms with E-state index in [1.165, 1.54) is 0 Å². The maximum absolute atomic E-state index is 12.2. The summed E-state index contributed by atoms with van der Waals surface area (Å²) in [4.78, 5) is 12.2. The summed E-state index contributed by atoms with van der Waals surface area (Å²) in [6.07, 6.45) is 0.841. The molecular formula is C16H17ClN2O4. The Morgan fingerprint density at radius 1 is 1.30 bits per heavy atom. The molecule has 1 aliphatic rings. The second-order valence-corrected chi connectivity index (χ2v) is 5.65. The van der Waals surface area contributed by atoms with Gasteiger partial charge in [-0.1, -0.05) is 23.7 Å². The second-order valence-electron chi connectivity index (χ2n) is 5.24. The Morgan fingerprint density at radius 3 is 2.70 bits per heavy atom. The number of aryl methyl sites for hydroxylation is 1. The Morgan fingerprint density at radius 2 is 2.00 bits per heavy atom. The first-order valence-electron chi connectivity index (χ1n) is 7.41. The number of halogens is 1. The molecule has 0 radical (unpaired) electrons. The Labute approximate surface area is 138 Å². The average Bonchev–Trinajstić information content (AvgIpc) is 2.87. The molecule has 122 valence electrons. The van der Waals surface area contributed by atoms with Gasteiger partial charge in [0.05, 0.1) is 12.1 Å². The first-order valence-corrected chi connectivity index (χ1v) is 7.79. The van der Waals surface area contributed by atoms with Crippen molar-refractivity contribution < 1.29 is 18.8 Å². The minimum atomic E-state index is -0.227. The summed E-state index contributed by atoms with van der Waals surface area (Å²) in [5.74, 6) is 1.37. The van der Waals surface area contributed by atoms with Crippen LogP contribution in [-0.4, -0.2) is 24.3 Å². The van der Waals surface area contributed by atoms with Gasteiger partial charge in [0.2, 0.25) is 11.8 Å². The first kappa shape index (κ1) is 15.7. The molecule has 0 saturated carbocycles. The summed E-state index contributed by atoms with van der Waals surface area (Å²) in [5.41, 5.74) is 2.34. The molecule has 1 amide bonds. The molecule has 0 saturated heterocycles. The Kier molecular flexibility index (Phi) is 4.43. The monoisotopic (exact) mass is 336 g/mol. The van der Waals surface area contributed by atoms with E-state index >= 15 is 0 Å². The Balaban J connectivity index is 1.75. The van der Waals surface area contributed by atoms with Crippen LogP contribution in [0.3, 0.4) is 0 Å². The minimum Gasteiger partial charge on any atom is -0.486 e. The molecule has 3 rings (SSSR count). The quantitative estimate of drug-likeness (QED) is 0.928. The maximum atomic E-state index is 12.2. The van der Waals surface area contributed by atoms with E-state index in [1.807, 2.05) is 13.8 Å². The molecule has 2 aromatic rings. The molecule has 1 aromatic carbocycles. The van der Waals surface area contributed by atoms with Gasteiger partial charge in [-0.3, -0.25) is 10.1 Å². The Bertz CT molecular complexity index is 742. The standard InChI is InChI=1S/C16H17ClN2O4/c1-3-11-9(2)19-23-16(11)18-15(20)7-10-6-13-14(8-12(10)17)22-5-4-21-13/h6,8H,3-5,7H2,1-2H3,(H,18,20). The topological polar surface area (TPSA) is 73.6 Å². The molecule has 0 bridgehead atoms. The van der Waals surface area contributed by atoms with Crippen molar-refractivity contribution >= 4 is 23.4 Å². The maximum Gasteiger partial charge on any atom is 0.234 e. The number of fused-ring (bicyclic) bond motifs is 1. The van der Waals surface area contributed by atoms with Gasteiger partial charge >= 0.3 is 0 Å². The van der Waals surface area contributed by atoms with Gasteiger partial charge in [0.15, 0.2) is 11.5 Å². The van der Waals surface area contributed by atoms with Crippen molar-refractivity contribution in [3.63, 3.8) is 0 Å². The normalized spacial score (nSPS) is 13.0. The summed E-state index contributed by atoms with van der Waals surface area (Å²) in [6.45, 7) is 4.80. The lowest BCUT2D eigenvalue weighted by Gasteiger charge is -2.19. The van der Waals surface area contributed by atoms with Crippen molar-refractivity contribution in [2.75, 3.05) is 18.5 Å². The van der Waals surface area contributed by atoms with Gasteiger partial charge in [0, 0.05) is 16.7 Å². The van der Waals surface area contributed by atoms with Crippen molar-refractivity contribution in [2.24, 2.45) is 0 Å². The predicted octanol–water partition coefficient (Wildman–Crippen LogP) is 3.15. The third-order valence-corrected chi connectivity index (χ3v) is 4.01. The SMILES string of the molecule is CCc1c(C)noc1NC(=O)Cc1cc2c(cc1Cl)OCCO2. The highest BCUT2D eigenvalue weighted by Gasteiger charge is 2.18. The lowest BCUT2D eigenvalue weighted by molar-refractivity contribution is -0.115. The predicted molar refractivity (Wildman–Crippen MR) is 85.4 cm³/mol. The molecular weight excluding hydrogens is 320 g/mol. The number of rotatable bonds is 4. The smallest absolute Gasteiger partial charge is 0.234 e. The molecule has 7 heteroatoms. The highest BCUT2D eigenvalue weighted by atomic mass is 35.5. The van der Waals surface area contributed by atoms with Gasteiger partial charge in [0.25, 0.3) is 0 Å². The molecule has 0 unspecified atom stereocenters. The van der Waals surface area contributed by atoms with E-state index in [2.05, 4.69) is 10.5 Å². The number of benzene rings is 1. The van der Waals surface area contributed by atoms with Crippen molar-refractivity contribution in [3.8, 4) is 11.5 Å². The highest BCUT2D eigenvalue weighted by Crippen LogP contribution is 2.35. The number of hydrogen-bond donors (Lipinski definition) is 1. The lowest BCUT2D eigenvalue weighted by Crippen LogP contribution is -2.17. The van der Waals surface area contributed by atoms with E-state index < -0.39 is 0 Å². The highest BCUT2D eigenvalue weighted by molar-refractivity contribution is 6.31. The van der Waals surface area contributed by atoms with Crippen molar-refractivity contribution in [2.45, 2.75) is 26.7 Å². The molecule has 2 heterocycles. The van der Waals surface area contributed by atoms with Crippen LogP contribution in [0.5, 0.6) is 11.5 Å². The van der Waals surface area contributed by atoms with Crippen LogP contribution in [0.2, 0.25) is 5.02 Å². The summed E-state index contributed by atoms with van der Waals surface area (Å²) in [7, 11) is 0. The van der Waals surface area contributed by atoms with Crippen LogP contribution in [0, 0.1) is 6.92 Å². The zero-order chi connectivity index (χ0) is 16.4. The van der Waals surface area contributed by atoms with E-state index in [4.69, 9.17) is 25.6 Å². The van der Waals surface area contributed by atoms with E-state index in [0.29, 0.717) is 41.2 Å². The third-order valence-electron chi connectivity index (χ3n) is 3.65. The van der Waals surface area contributed by atoms with Crippen molar-refractivity contribution in [1.82, 2.24) is 5.16 Å². The van der Waals surface area contributed by atoms with E-state index in [1.54, 1.807) is 12.1 Å². The summed E-state index contributed by atoms with van der Waals surface area (Å²) < 4.78 is 16.1. The number of nitrogens with zero attached hydrogens (tertiary/aromatic N) is 1. The summed E-state index contributed by atoms with van der Waals surface area (Å²) >= 11 is 6.22. The fourth-order valence-electron chi connectivity index (χ4n) is 2.49. The number of nitrogens with one attached hydrogen (secondary N) is 1. The van der Waals surface area contributed by atoms with Crippen LogP contribution in [0.15, 0.2) is 16.7 Å². The van der Waals surface area contributed by atoms with E-state index in [9.17, 15) is 4.79 Å². The average molecular weight is 337 g/mol. The number of amides is 1. The van der Waals surface area contributed by atoms with Crippen LogP contribution in [0.4, 0.5) is 5.88 Å². The van der Waals surface area contributed by atoms with Gasteiger partial charge in [-0.15, -0.1) is 0 Å². The van der Waals surface area contributed by atoms with Crippen LogP contribution >= 0.6 is 11.6 Å². The Hall–Kier alpha value is -2.21. The van der Waals surface area contributed by atoms with Crippen LogP contribution in [0.25, 0.3) is 0 Å². The van der Waals surface area contributed by atoms with Gasteiger partial charge in [-0.2, -0.15) is 0 Å². The minimum absolute atomic E-state index is 0.109. The number of anilines is 1. The lowest BCUT2D eigenvalue weighted by atomic mass is 10.1. The van der Waals surface area contributed by atoms with Gasteiger partial charge in [-0.05, 0) is 25.0 Å². The molecule has 6 nitrogen and oxygen atoms in total.